The van der Waals surface area contributed by atoms with Gasteiger partial charge in [0.25, 0.3) is 0 Å². The molecule has 2 aliphatic carbocycles. The van der Waals surface area contributed by atoms with Crippen molar-refractivity contribution in [1.82, 2.24) is 0 Å². The van der Waals surface area contributed by atoms with Crippen molar-refractivity contribution in [3.8, 4) is 0 Å². The van der Waals surface area contributed by atoms with E-state index in [0.29, 0.717) is 18.1 Å². The zero-order valence-corrected chi connectivity index (χ0v) is 19.5. The van der Waals surface area contributed by atoms with Crippen LogP contribution in [-0.4, -0.2) is 23.9 Å². The van der Waals surface area contributed by atoms with Gasteiger partial charge in [-0.3, -0.25) is 4.99 Å². The zero-order chi connectivity index (χ0) is 21.8. The summed E-state index contributed by atoms with van der Waals surface area (Å²) in [4.78, 5) is 4.41. The number of halogens is 2. The van der Waals surface area contributed by atoms with Gasteiger partial charge in [0.1, 0.15) is 0 Å². The van der Waals surface area contributed by atoms with Crippen molar-refractivity contribution in [3.05, 3.63) is 52.7 Å². The van der Waals surface area contributed by atoms with E-state index >= 15 is 0 Å². The summed E-state index contributed by atoms with van der Waals surface area (Å²) < 4.78 is 28.6. The maximum Gasteiger partial charge on any atom is 0.249 e. The first-order valence-corrected chi connectivity index (χ1v) is 12.2. The van der Waals surface area contributed by atoms with E-state index in [0.717, 1.165) is 34.8 Å². The second kappa shape index (κ2) is 9.83. The first kappa shape index (κ1) is 23.3. The Morgan fingerprint density at radius 2 is 2.03 bits per heavy atom. The van der Waals surface area contributed by atoms with E-state index in [4.69, 9.17) is 0 Å². The monoisotopic (exact) mass is 431 g/mol. The Labute approximate surface area is 185 Å². The van der Waals surface area contributed by atoms with Crippen molar-refractivity contribution in [2.24, 2.45) is 16.3 Å². The predicted octanol–water partition coefficient (Wildman–Crippen LogP) is 8.07. The molecular weight excluding hydrogens is 396 g/mol. The Hall–Kier alpha value is -1.38. The summed E-state index contributed by atoms with van der Waals surface area (Å²) in [5.41, 5.74) is 6.89. The van der Waals surface area contributed by atoms with Crippen LogP contribution in [0.25, 0.3) is 0 Å². The minimum atomic E-state index is -2.63. The molecule has 3 aliphatic rings. The van der Waals surface area contributed by atoms with Crippen molar-refractivity contribution in [2.45, 2.75) is 82.8 Å². The van der Waals surface area contributed by atoms with Gasteiger partial charge in [-0.15, -0.1) is 17.5 Å². The molecule has 0 aromatic rings. The molecule has 3 rings (SSSR count). The molecule has 1 aliphatic heterocycles. The molecule has 1 nitrogen and oxygen atoms in total. The van der Waals surface area contributed by atoms with E-state index in [1.54, 1.807) is 7.05 Å². The lowest BCUT2D eigenvalue weighted by Crippen LogP contribution is -2.41. The van der Waals surface area contributed by atoms with Crippen LogP contribution < -0.4 is 0 Å². The lowest BCUT2D eigenvalue weighted by atomic mass is 9.68. The standard InChI is InChI=1S/C26H35F2NS/c1-5-10-21(16-25(3)18-26(27,28)14-13-24(25)29-4)22-17-30-23(19(22)2)15-20-11-8-6-7-9-12-20/h5-7,17,20,23H,2,8-9,11-16,18H2,1,3-4H3. The van der Waals surface area contributed by atoms with Crippen LogP contribution in [0.5, 0.6) is 0 Å². The van der Waals surface area contributed by atoms with Crippen LogP contribution in [0.4, 0.5) is 8.78 Å². The molecule has 0 spiro atoms. The quantitative estimate of drug-likeness (QED) is 0.317. The van der Waals surface area contributed by atoms with E-state index in [1.165, 1.54) is 25.7 Å². The molecule has 4 heteroatoms. The van der Waals surface area contributed by atoms with Crippen LogP contribution in [-0.2, 0) is 0 Å². The van der Waals surface area contributed by atoms with E-state index in [1.807, 2.05) is 31.7 Å². The Morgan fingerprint density at radius 3 is 2.67 bits per heavy atom. The topological polar surface area (TPSA) is 12.4 Å². The van der Waals surface area contributed by atoms with Gasteiger partial charge in [0.05, 0.1) is 0 Å². The first-order chi connectivity index (χ1) is 14.3. The average molecular weight is 432 g/mol. The molecule has 0 amide bonds. The molecule has 1 heterocycles. The molecule has 30 heavy (non-hydrogen) atoms. The van der Waals surface area contributed by atoms with Crippen LogP contribution in [0.2, 0.25) is 0 Å². The second-order valence-corrected chi connectivity index (χ2v) is 10.3. The predicted molar refractivity (Wildman–Crippen MR) is 126 cm³/mol. The van der Waals surface area contributed by atoms with Gasteiger partial charge in [-0.2, -0.15) is 0 Å². The molecule has 0 aromatic heterocycles. The molecule has 2 unspecified atom stereocenters. The van der Waals surface area contributed by atoms with Crippen molar-refractivity contribution in [1.29, 1.82) is 0 Å². The number of hydrogen-bond donors (Lipinski definition) is 0. The fourth-order valence-electron chi connectivity index (χ4n) is 5.23. The van der Waals surface area contributed by atoms with Crippen molar-refractivity contribution in [2.75, 3.05) is 7.05 Å². The first-order valence-electron chi connectivity index (χ1n) is 11.2. The van der Waals surface area contributed by atoms with Crippen LogP contribution >= 0.6 is 11.8 Å². The number of alkyl halides is 2. The Balaban J connectivity index is 1.75. The lowest BCUT2D eigenvalue weighted by molar-refractivity contribution is -0.0459. The SMILES string of the molecule is C=C1C(C(=C=CC)CC2(C)CC(F)(F)CCC2=NC)=CSC1CC1CCC=CCC1. The third kappa shape index (κ3) is 5.45. The van der Waals surface area contributed by atoms with Gasteiger partial charge >= 0.3 is 0 Å². The molecule has 0 saturated heterocycles. The van der Waals surface area contributed by atoms with Gasteiger partial charge < -0.3 is 0 Å². The van der Waals surface area contributed by atoms with Crippen molar-refractivity contribution < 1.29 is 8.78 Å². The summed E-state index contributed by atoms with van der Waals surface area (Å²) in [7, 11) is 1.73. The Bertz CT molecular complexity index is 803. The molecular formula is C26H35F2NS. The highest BCUT2D eigenvalue weighted by molar-refractivity contribution is 8.03. The molecule has 0 N–H and O–H groups in total. The number of nitrogens with zero attached hydrogens (tertiary/aromatic N) is 1. The summed E-state index contributed by atoms with van der Waals surface area (Å²) in [5.74, 6) is -1.90. The van der Waals surface area contributed by atoms with Crippen LogP contribution in [0.1, 0.15) is 71.6 Å². The van der Waals surface area contributed by atoms with Gasteiger partial charge in [0.15, 0.2) is 0 Å². The van der Waals surface area contributed by atoms with Crippen molar-refractivity contribution >= 4 is 17.5 Å². The molecule has 0 aromatic carbocycles. The zero-order valence-electron chi connectivity index (χ0n) is 18.6. The smallest absolute Gasteiger partial charge is 0.249 e. The number of hydrogen-bond acceptors (Lipinski definition) is 2. The maximum atomic E-state index is 14.3. The van der Waals surface area contributed by atoms with Crippen LogP contribution in [0, 0.1) is 11.3 Å². The largest absolute Gasteiger partial charge is 0.297 e. The van der Waals surface area contributed by atoms with Gasteiger partial charge in [-0.25, -0.2) is 8.78 Å². The summed E-state index contributed by atoms with van der Waals surface area (Å²) >= 11 is 1.85. The van der Waals surface area contributed by atoms with Gasteiger partial charge in [0.2, 0.25) is 5.92 Å². The number of allylic oxidation sites excluding steroid dienone is 4. The van der Waals surface area contributed by atoms with E-state index < -0.39 is 11.3 Å². The summed E-state index contributed by atoms with van der Waals surface area (Å²) in [6.07, 6.45) is 13.1. The maximum absolute atomic E-state index is 14.3. The van der Waals surface area contributed by atoms with Gasteiger partial charge in [0, 0.05) is 41.8 Å². The summed E-state index contributed by atoms with van der Waals surface area (Å²) in [6.45, 7) is 8.32. The van der Waals surface area contributed by atoms with Gasteiger partial charge in [-0.05, 0) is 80.4 Å². The Morgan fingerprint density at radius 1 is 1.33 bits per heavy atom. The third-order valence-electron chi connectivity index (χ3n) is 6.84. The molecule has 2 atom stereocenters. The Kier molecular flexibility index (Phi) is 7.63. The highest BCUT2D eigenvalue weighted by Gasteiger charge is 2.47. The minimum absolute atomic E-state index is 0.0957. The fourth-order valence-corrected chi connectivity index (χ4v) is 6.49. The van der Waals surface area contributed by atoms with Crippen LogP contribution in [0.15, 0.2) is 57.7 Å². The number of aliphatic imine (C=N–C) groups is 1. The molecule has 0 bridgehead atoms. The minimum Gasteiger partial charge on any atom is -0.297 e. The summed E-state index contributed by atoms with van der Waals surface area (Å²) in [5, 5.41) is 2.58. The normalized spacial score (nSPS) is 30.7. The lowest BCUT2D eigenvalue weighted by Gasteiger charge is -2.40. The van der Waals surface area contributed by atoms with E-state index in [9.17, 15) is 8.78 Å². The number of thioether (sulfide) groups is 1. The second-order valence-electron chi connectivity index (χ2n) is 9.26. The molecule has 0 radical (unpaired) electrons. The van der Waals surface area contributed by atoms with E-state index in [2.05, 4.69) is 34.9 Å². The van der Waals surface area contributed by atoms with Crippen molar-refractivity contribution in [3.63, 3.8) is 0 Å². The van der Waals surface area contributed by atoms with Crippen LogP contribution in [0.3, 0.4) is 0 Å². The fraction of sp³-hybridized carbons (Fsp3) is 0.615. The molecule has 1 saturated carbocycles. The highest BCUT2D eigenvalue weighted by Crippen LogP contribution is 2.49. The molecule has 164 valence electrons. The number of rotatable bonds is 5. The highest BCUT2D eigenvalue weighted by atomic mass is 32.2. The molecule has 1 fully saturated rings. The average Bonchev–Trinajstić information content (AvgIpc) is 2.87. The summed E-state index contributed by atoms with van der Waals surface area (Å²) in [6, 6.07) is 0. The third-order valence-corrected chi connectivity index (χ3v) is 8.01. The van der Waals surface area contributed by atoms with E-state index in [-0.39, 0.29) is 12.8 Å². The van der Waals surface area contributed by atoms with Gasteiger partial charge in [-0.1, -0.05) is 25.7 Å².